The molecule has 0 radical (unpaired) electrons. The van der Waals surface area contributed by atoms with E-state index in [2.05, 4.69) is 0 Å². The number of furan rings is 1. The largest absolute Gasteiger partial charge is 0.493 e. The second-order valence-corrected chi connectivity index (χ2v) is 6.10. The zero-order valence-electron chi connectivity index (χ0n) is 8.44. The Bertz CT molecular complexity index is 615. The molecule has 4 nitrogen and oxygen atoms in total. The highest BCUT2D eigenvalue weighted by molar-refractivity contribution is 8.13. The van der Waals surface area contributed by atoms with Gasteiger partial charge >= 0.3 is 0 Å². The van der Waals surface area contributed by atoms with E-state index >= 15 is 0 Å². The normalized spacial score (nSPS) is 11.9. The van der Waals surface area contributed by atoms with E-state index in [1.54, 1.807) is 18.2 Å². The van der Waals surface area contributed by atoms with E-state index in [-0.39, 0.29) is 5.75 Å². The first-order valence-corrected chi connectivity index (χ1v) is 6.94. The van der Waals surface area contributed by atoms with Gasteiger partial charge in [0.25, 0.3) is 0 Å². The number of halogens is 1. The van der Waals surface area contributed by atoms with Gasteiger partial charge in [0.2, 0.25) is 9.05 Å². The van der Waals surface area contributed by atoms with Gasteiger partial charge in [-0.1, -0.05) is 0 Å². The number of rotatable bonds is 3. The quantitative estimate of drug-likeness (QED) is 0.796. The molecule has 1 aromatic carbocycles. The predicted octanol–water partition coefficient (Wildman–Crippen LogP) is 2.51. The van der Waals surface area contributed by atoms with Crippen molar-refractivity contribution in [1.29, 1.82) is 0 Å². The van der Waals surface area contributed by atoms with Gasteiger partial charge in [-0.05, 0) is 23.8 Å². The second-order valence-electron chi connectivity index (χ2n) is 3.32. The highest BCUT2D eigenvalue weighted by Gasteiger charge is 2.12. The molecule has 0 fully saturated rings. The van der Waals surface area contributed by atoms with Crippen molar-refractivity contribution >= 4 is 30.7 Å². The highest BCUT2D eigenvalue weighted by atomic mass is 35.7. The average Bonchev–Trinajstić information content (AvgIpc) is 2.61. The van der Waals surface area contributed by atoms with E-state index in [4.69, 9.17) is 19.8 Å². The molecule has 86 valence electrons. The fourth-order valence-electron chi connectivity index (χ4n) is 1.54. The number of methoxy groups -OCH3 is 1. The van der Waals surface area contributed by atoms with Crippen molar-refractivity contribution < 1.29 is 17.6 Å². The molecule has 0 unspecified atom stereocenters. The first-order valence-electron chi connectivity index (χ1n) is 4.46. The predicted molar refractivity (Wildman–Crippen MR) is 61.2 cm³/mol. The maximum absolute atomic E-state index is 11.0. The summed E-state index contributed by atoms with van der Waals surface area (Å²) in [6.07, 6.45) is 1.52. The molecular formula is C10H9ClO4S. The lowest BCUT2D eigenvalue weighted by Gasteiger charge is -2.04. The Morgan fingerprint density at radius 1 is 1.44 bits per heavy atom. The van der Waals surface area contributed by atoms with Crippen molar-refractivity contribution in [2.45, 2.75) is 5.75 Å². The van der Waals surface area contributed by atoms with Crippen molar-refractivity contribution in [2.75, 3.05) is 7.11 Å². The smallest absolute Gasteiger partial charge is 0.236 e. The molecule has 16 heavy (non-hydrogen) atoms. The van der Waals surface area contributed by atoms with Gasteiger partial charge in [-0.3, -0.25) is 0 Å². The van der Waals surface area contributed by atoms with Crippen LogP contribution in [0.3, 0.4) is 0 Å². The van der Waals surface area contributed by atoms with E-state index < -0.39 is 9.05 Å². The van der Waals surface area contributed by atoms with Crippen LogP contribution in [0.4, 0.5) is 0 Å². The van der Waals surface area contributed by atoms with Crippen LogP contribution < -0.4 is 4.74 Å². The van der Waals surface area contributed by atoms with Crippen LogP contribution in [0.2, 0.25) is 0 Å². The molecule has 0 bridgehead atoms. The van der Waals surface area contributed by atoms with Gasteiger partial charge < -0.3 is 9.15 Å². The van der Waals surface area contributed by atoms with E-state index in [1.807, 2.05) is 0 Å². The second kappa shape index (κ2) is 3.99. The average molecular weight is 261 g/mol. The summed E-state index contributed by atoms with van der Waals surface area (Å²) >= 11 is 0. The van der Waals surface area contributed by atoms with Crippen molar-refractivity contribution in [3.8, 4) is 5.75 Å². The summed E-state index contributed by atoms with van der Waals surface area (Å²) in [5.41, 5.74) is 1.17. The minimum Gasteiger partial charge on any atom is -0.493 e. The Labute approximate surface area is 97.2 Å². The monoisotopic (exact) mass is 260 g/mol. The van der Waals surface area contributed by atoms with E-state index in [1.165, 1.54) is 13.4 Å². The van der Waals surface area contributed by atoms with Crippen LogP contribution in [0.15, 0.2) is 28.9 Å². The van der Waals surface area contributed by atoms with Crippen molar-refractivity contribution in [3.05, 3.63) is 30.0 Å². The van der Waals surface area contributed by atoms with Crippen LogP contribution in [-0.4, -0.2) is 15.5 Å². The molecule has 1 aromatic heterocycles. The van der Waals surface area contributed by atoms with Gasteiger partial charge in [0, 0.05) is 16.1 Å². The number of ether oxygens (including phenoxy) is 1. The maximum atomic E-state index is 11.0. The summed E-state index contributed by atoms with van der Waals surface area (Å²) in [4.78, 5) is 0. The Morgan fingerprint density at radius 3 is 2.81 bits per heavy atom. The zero-order valence-corrected chi connectivity index (χ0v) is 10.0. The molecule has 0 aliphatic rings. The summed E-state index contributed by atoms with van der Waals surface area (Å²) in [6, 6.07) is 5.05. The number of fused-ring (bicyclic) bond motifs is 1. The van der Waals surface area contributed by atoms with Crippen molar-refractivity contribution in [1.82, 2.24) is 0 Å². The van der Waals surface area contributed by atoms with Gasteiger partial charge in [-0.15, -0.1) is 0 Å². The zero-order chi connectivity index (χ0) is 11.8. The van der Waals surface area contributed by atoms with Gasteiger partial charge in [0.15, 0.2) is 11.3 Å². The van der Waals surface area contributed by atoms with Crippen LogP contribution in [0.5, 0.6) is 5.75 Å². The molecule has 0 saturated heterocycles. The van der Waals surface area contributed by atoms with Crippen LogP contribution in [0.25, 0.3) is 11.0 Å². The first-order chi connectivity index (χ1) is 7.49. The standard InChI is InChI=1S/C10H9ClO4S/c1-14-9-5-7(6-16(11,12)13)4-8-2-3-15-10(8)9/h2-5H,6H2,1H3. The molecule has 0 amide bonds. The van der Waals surface area contributed by atoms with Crippen LogP contribution in [0, 0.1) is 0 Å². The third-order valence-electron chi connectivity index (χ3n) is 2.14. The number of benzene rings is 1. The lowest BCUT2D eigenvalue weighted by molar-refractivity contribution is 0.410. The minimum atomic E-state index is -3.57. The lowest BCUT2D eigenvalue weighted by atomic mass is 10.2. The fraction of sp³-hybridized carbons (Fsp3) is 0.200. The van der Waals surface area contributed by atoms with Gasteiger partial charge in [-0.25, -0.2) is 8.42 Å². The molecule has 1 heterocycles. The summed E-state index contributed by atoms with van der Waals surface area (Å²) in [5, 5.41) is 0.787. The third-order valence-corrected chi connectivity index (χ3v) is 3.14. The highest BCUT2D eigenvalue weighted by Crippen LogP contribution is 2.29. The Balaban J connectivity index is 2.55. The fourth-order valence-corrected chi connectivity index (χ4v) is 2.49. The summed E-state index contributed by atoms with van der Waals surface area (Å²) < 4.78 is 32.3. The minimum absolute atomic E-state index is 0.230. The van der Waals surface area contributed by atoms with Gasteiger partial charge in [-0.2, -0.15) is 0 Å². The first kappa shape index (κ1) is 11.3. The Morgan fingerprint density at radius 2 is 2.19 bits per heavy atom. The summed E-state index contributed by atoms with van der Waals surface area (Å²) in [5.74, 6) is 0.268. The van der Waals surface area contributed by atoms with Crippen molar-refractivity contribution in [2.24, 2.45) is 0 Å². The summed E-state index contributed by atoms with van der Waals surface area (Å²) in [7, 11) is 3.12. The van der Waals surface area contributed by atoms with Gasteiger partial charge in [0.1, 0.15) is 0 Å². The molecule has 2 rings (SSSR count). The Hall–Kier alpha value is -1.20. The van der Waals surface area contributed by atoms with Crippen molar-refractivity contribution in [3.63, 3.8) is 0 Å². The molecule has 0 atom stereocenters. The third kappa shape index (κ3) is 2.31. The Kier molecular flexibility index (Phi) is 2.82. The SMILES string of the molecule is COc1cc(CS(=O)(=O)Cl)cc2ccoc12. The molecule has 6 heteroatoms. The maximum Gasteiger partial charge on any atom is 0.236 e. The van der Waals surface area contributed by atoms with Gasteiger partial charge in [0.05, 0.1) is 19.1 Å². The van der Waals surface area contributed by atoms with E-state index in [9.17, 15) is 8.42 Å². The molecule has 2 aromatic rings. The molecule has 0 saturated carbocycles. The topological polar surface area (TPSA) is 56.5 Å². The molecule has 0 aliphatic carbocycles. The van der Waals surface area contributed by atoms with Crippen LogP contribution in [0.1, 0.15) is 5.56 Å². The number of hydrogen-bond donors (Lipinski definition) is 0. The molecule has 0 N–H and O–H groups in total. The number of hydrogen-bond acceptors (Lipinski definition) is 4. The summed E-state index contributed by atoms with van der Waals surface area (Å²) in [6.45, 7) is 0. The van der Waals surface area contributed by atoms with E-state index in [0.29, 0.717) is 16.9 Å². The van der Waals surface area contributed by atoms with Crippen LogP contribution in [-0.2, 0) is 14.8 Å². The molecule has 0 aliphatic heterocycles. The molecular weight excluding hydrogens is 252 g/mol. The van der Waals surface area contributed by atoms with E-state index in [0.717, 1.165) is 5.39 Å². The lowest BCUT2D eigenvalue weighted by Crippen LogP contribution is -1.95. The van der Waals surface area contributed by atoms with Crippen LogP contribution >= 0.6 is 10.7 Å². The molecule has 0 spiro atoms.